The van der Waals surface area contributed by atoms with Crippen molar-refractivity contribution in [3.8, 4) is 0 Å². The Morgan fingerprint density at radius 2 is 2.00 bits per heavy atom. The number of nitrogens with zero attached hydrogens (tertiary/aromatic N) is 1. The number of rotatable bonds is 7. The lowest BCUT2D eigenvalue weighted by Crippen LogP contribution is -2.38. The van der Waals surface area contributed by atoms with Crippen molar-refractivity contribution in [2.24, 2.45) is 5.92 Å². The van der Waals surface area contributed by atoms with E-state index in [2.05, 4.69) is 10.2 Å². The topological polar surface area (TPSA) is 61.8 Å². The third kappa shape index (κ3) is 5.36. The van der Waals surface area contributed by atoms with Crippen LogP contribution in [0.15, 0.2) is 24.3 Å². The zero-order valence-corrected chi connectivity index (χ0v) is 12.5. The van der Waals surface area contributed by atoms with Gasteiger partial charge in [-0.25, -0.2) is 0 Å². The maximum Gasteiger partial charge on any atom is 0.306 e. The van der Waals surface area contributed by atoms with Crippen LogP contribution in [0.25, 0.3) is 0 Å². The molecule has 0 unspecified atom stereocenters. The van der Waals surface area contributed by atoms with Gasteiger partial charge in [-0.2, -0.15) is 0 Å². The number of ether oxygens (including phenoxy) is 1. The lowest BCUT2D eigenvalue weighted by Gasteiger charge is -2.26. The van der Waals surface area contributed by atoms with Crippen molar-refractivity contribution < 1.29 is 14.6 Å². The molecule has 1 fully saturated rings. The molecule has 1 saturated heterocycles. The van der Waals surface area contributed by atoms with Crippen LogP contribution in [0.1, 0.15) is 12.5 Å². The summed E-state index contributed by atoms with van der Waals surface area (Å²) in [6, 6.07) is 8.03. The fourth-order valence-corrected chi connectivity index (χ4v) is 2.38. The summed E-state index contributed by atoms with van der Waals surface area (Å²) in [6.45, 7) is 7.33. The minimum Gasteiger partial charge on any atom is -0.481 e. The molecule has 0 bridgehead atoms. The lowest BCUT2D eigenvalue weighted by atomic mass is 10.0. The second kappa shape index (κ2) is 8.00. The minimum atomic E-state index is -0.747. The van der Waals surface area contributed by atoms with Crippen molar-refractivity contribution >= 4 is 11.7 Å². The smallest absolute Gasteiger partial charge is 0.306 e. The van der Waals surface area contributed by atoms with E-state index in [4.69, 9.17) is 9.84 Å². The molecule has 0 spiro atoms. The molecule has 2 N–H and O–H groups in total. The summed E-state index contributed by atoms with van der Waals surface area (Å²) >= 11 is 0. The highest BCUT2D eigenvalue weighted by molar-refractivity contribution is 5.69. The summed E-state index contributed by atoms with van der Waals surface area (Å²) in [5.41, 5.74) is 2.14. The maximum absolute atomic E-state index is 10.8. The first-order valence-electron chi connectivity index (χ1n) is 7.51. The molecule has 0 amide bonds. The summed E-state index contributed by atoms with van der Waals surface area (Å²) in [4.78, 5) is 13.2. The van der Waals surface area contributed by atoms with Crippen LogP contribution in [0, 0.1) is 5.92 Å². The van der Waals surface area contributed by atoms with E-state index in [0.717, 1.165) is 50.6 Å². The summed E-state index contributed by atoms with van der Waals surface area (Å²) in [5, 5.41) is 12.3. The van der Waals surface area contributed by atoms with Crippen molar-refractivity contribution in [2.45, 2.75) is 13.3 Å². The van der Waals surface area contributed by atoms with Gasteiger partial charge in [-0.05, 0) is 24.1 Å². The monoisotopic (exact) mass is 292 g/mol. The highest BCUT2D eigenvalue weighted by Crippen LogP contribution is 2.13. The Bertz CT molecular complexity index is 441. The number of hydrogen-bond donors (Lipinski definition) is 2. The molecule has 0 aliphatic carbocycles. The molecule has 116 valence electrons. The molecular formula is C16H24N2O3. The number of carboxylic acids is 1. The standard InChI is InChI=1S/C16H24N2O3/c1-13(16(19)20)12-14-2-4-15(5-3-14)17-6-7-18-8-10-21-11-9-18/h2-5,13,17H,6-12H2,1H3,(H,19,20)/t13-/m1/s1. The predicted octanol–water partition coefficient (Wildman–Crippen LogP) is 1.69. The van der Waals surface area contributed by atoms with E-state index >= 15 is 0 Å². The molecule has 0 saturated carbocycles. The van der Waals surface area contributed by atoms with Crippen LogP contribution in [0.2, 0.25) is 0 Å². The van der Waals surface area contributed by atoms with Crippen LogP contribution in [-0.2, 0) is 16.0 Å². The number of morpholine rings is 1. The summed E-state index contributed by atoms with van der Waals surface area (Å²) < 4.78 is 5.32. The summed E-state index contributed by atoms with van der Waals surface area (Å²) in [6.07, 6.45) is 0.573. The third-order valence-electron chi connectivity index (χ3n) is 3.78. The minimum absolute atomic E-state index is 0.342. The molecule has 1 aliphatic heterocycles. The molecule has 1 heterocycles. The van der Waals surface area contributed by atoms with Crippen molar-refractivity contribution in [1.29, 1.82) is 0 Å². The fourth-order valence-electron chi connectivity index (χ4n) is 2.38. The average molecular weight is 292 g/mol. The number of carbonyl (C=O) groups is 1. The van der Waals surface area contributed by atoms with Gasteiger partial charge in [0, 0.05) is 31.9 Å². The Balaban J connectivity index is 1.73. The quantitative estimate of drug-likeness (QED) is 0.801. The normalized spacial score (nSPS) is 17.4. The molecule has 0 aromatic heterocycles. The Morgan fingerprint density at radius 3 is 2.62 bits per heavy atom. The van der Waals surface area contributed by atoms with E-state index in [9.17, 15) is 4.79 Å². The predicted molar refractivity (Wildman–Crippen MR) is 82.7 cm³/mol. The average Bonchev–Trinajstić information content (AvgIpc) is 2.50. The van der Waals surface area contributed by atoms with Crippen LogP contribution >= 0.6 is 0 Å². The van der Waals surface area contributed by atoms with Crippen molar-refractivity contribution in [2.75, 3.05) is 44.7 Å². The van der Waals surface area contributed by atoms with Crippen LogP contribution in [0.4, 0.5) is 5.69 Å². The molecule has 1 aromatic rings. The Morgan fingerprint density at radius 1 is 1.33 bits per heavy atom. The number of aliphatic carboxylic acids is 1. The van der Waals surface area contributed by atoms with E-state index in [1.54, 1.807) is 6.92 Å². The van der Waals surface area contributed by atoms with Gasteiger partial charge in [0.1, 0.15) is 0 Å². The lowest BCUT2D eigenvalue weighted by molar-refractivity contribution is -0.141. The van der Waals surface area contributed by atoms with Crippen LogP contribution in [0.5, 0.6) is 0 Å². The van der Waals surface area contributed by atoms with Gasteiger partial charge >= 0.3 is 5.97 Å². The molecule has 1 aliphatic rings. The fraction of sp³-hybridized carbons (Fsp3) is 0.562. The van der Waals surface area contributed by atoms with Crippen molar-refractivity contribution in [3.63, 3.8) is 0 Å². The molecule has 0 radical (unpaired) electrons. The number of benzene rings is 1. The highest BCUT2D eigenvalue weighted by atomic mass is 16.5. The van der Waals surface area contributed by atoms with Crippen molar-refractivity contribution in [1.82, 2.24) is 4.90 Å². The van der Waals surface area contributed by atoms with Gasteiger partial charge in [0.05, 0.1) is 19.1 Å². The van der Waals surface area contributed by atoms with Crippen LogP contribution in [-0.4, -0.2) is 55.4 Å². The van der Waals surface area contributed by atoms with Gasteiger partial charge < -0.3 is 15.2 Å². The largest absolute Gasteiger partial charge is 0.481 e. The molecule has 1 aromatic carbocycles. The highest BCUT2D eigenvalue weighted by Gasteiger charge is 2.11. The first kappa shape index (κ1) is 15.8. The molecule has 21 heavy (non-hydrogen) atoms. The van der Waals surface area contributed by atoms with Crippen LogP contribution in [0.3, 0.4) is 0 Å². The summed E-state index contributed by atoms with van der Waals surface area (Å²) in [5.74, 6) is -1.09. The molecular weight excluding hydrogens is 268 g/mol. The maximum atomic E-state index is 10.8. The van der Waals surface area contributed by atoms with Gasteiger partial charge in [-0.3, -0.25) is 9.69 Å². The van der Waals surface area contributed by atoms with E-state index in [1.165, 1.54) is 0 Å². The Hall–Kier alpha value is -1.59. The second-order valence-corrected chi connectivity index (χ2v) is 5.52. The van der Waals surface area contributed by atoms with Gasteiger partial charge in [0.15, 0.2) is 0 Å². The van der Waals surface area contributed by atoms with Gasteiger partial charge in [0.2, 0.25) is 0 Å². The Labute approximate surface area is 125 Å². The zero-order valence-electron chi connectivity index (χ0n) is 12.5. The number of anilines is 1. The third-order valence-corrected chi connectivity index (χ3v) is 3.78. The number of carboxylic acid groups (broad SMARTS) is 1. The Kier molecular flexibility index (Phi) is 6.02. The number of hydrogen-bond acceptors (Lipinski definition) is 4. The van der Waals surface area contributed by atoms with E-state index in [-0.39, 0.29) is 5.92 Å². The van der Waals surface area contributed by atoms with E-state index in [1.807, 2.05) is 24.3 Å². The first-order chi connectivity index (χ1) is 10.1. The first-order valence-corrected chi connectivity index (χ1v) is 7.51. The number of nitrogens with one attached hydrogen (secondary N) is 1. The summed E-state index contributed by atoms with van der Waals surface area (Å²) in [7, 11) is 0. The second-order valence-electron chi connectivity index (χ2n) is 5.52. The molecule has 5 nitrogen and oxygen atoms in total. The van der Waals surface area contributed by atoms with Crippen molar-refractivity contribution in [3.05, 3.63) is 29.8 Å². The van der Waals surface area contributed by atoms with E-state index < -0.39 is 5.97 Å². The molecule has 2 rings (SSSR count). The zero-order chi connectivity index (χ0) is 15.1. The SMILES string of the molecule is C[C@H](Cc1ccc(NCCN2CCOCC2)cc1)C(=O)O. The molecule has 5 heteroatoms. The van der Waals surface area contributed by atoms with Gasteiger partial charge in [-0.1, -0.05) is 19.1 Å². The van der Waals surface area contributed by atoms with Gasteiger partial charge in [-0.15, -0.1) is 0 Å². The molecule has 1 atom stereocenters. The van der Waals surface area contributed by atoms with Crippen LogP contribution < -0.4 is 5.32 Å². The van der Waals surface area contributed by atoms with E-state index in [0.29, 0.717) is 6.42 Å². The van der Waals surface area contributed by atoms with Gasteiger partial charge in [0.25, 0.3) is 0 Å².